The second-order valence-electron chi connectivity index (χ2n) is 7.74. The van der Waals surface area contributed by atoms with Crippen LogP contribution in [0.15, 0.2) is 29.1 Å². The Kier molecular flexibility index (Phi) is 7.75. The molecule has 1 fully saturated rings. The smallest absolute Gasteiger partial charge is 0.267 e. The summed E-state index contributed by atoms with van der Waals surface area (Å²) in [4.78, 5) is 29.6. The Morgan fingerprint density at radius 3 is 2.66 bits per heavy atom. The standard InChI is InChI=1S/C24H30N2O4S2/c1-3-5-10-26-18-9-7-6-8-17(18)21-19(23(26)27)20(30-14-13-29-4-2)22(32-21)24(28)25-11-15-31-16-12-25/h6-9H,3-5,10-16H2,1-2H3. The number of carbonyl (C=O) groups excluding carboxylic acids is 1. The van der Waals surface area contributed by atoms with Crippen LogP contribution < -0.4 is 10.3 Å². The van der Waals surface area contributed by atoms with Gasteiger partial charge in [0.1, 0.15) is 16.9 Å². The molecule has 3 aromatic rings. The quantitative estimate of drug-likeness (QED) is 0.424. The monoisotopic (exact) mass is 474 g/mol. The Morgan fingerprint density at radius 1 is 1.12 bits per heavy atom. The van der Waals surface area contributed by atoms with Crippen molar-refractivity contribution in [1.82, 2.24) is 9.47 Å². The third-order valence-corrected chi connectivity index (χ3v) is 7.80. The van der Waals surface area contributed by atoms with Gasteiger partial charge < -0.3 is 18.9 Å². The van der Waals surface area contributed by atoms with Gasteiger partial charge in [-0.2, -0.15) is 11.8 Å². The largest absolute Gasteiger partial charge is 0.489 e. The minimum absolute atomic E-state index is 0.0403. The molecule has 8 heteroatoms. The van der Waals surface area contributed by atoms with E-state index in [0.29, 0.717) is 42.4 Å². The summed E-state index contributed by atoms with van der Waals surface area (Å²) in [5, 5.41) is 1.52. The molecule has 1 aliphatic heterocycles. The van der Waals surface area contributed by atoms with E-state index in [4.69, 9.17) is 9.47 Å². The van der Waals surface area contributed by atoms with E-state index in [1.165, 1.54) is 11.3 Å². The summed E-state index contributed by atoms with van der Waals surface area (Å²) in [7, 11) is 0. The third-order valence-electron chi connectivity index (χ3n) is 5.67. The van der Waals surface area contributed by atoms with Gasteiger partial charge in [-0.1, -0.05) is 31.5 Å². The molecule has 172 valence electrons. The van der Waals surface area contributed by atoms with Crippen LogP contribution in [0.4, 0.5) is 0 Å². The molecule has 32 heavy (non-hydrogen) atoms. The van der Waals surface area contributed by atoms with Crippen molar-refractivity contribution in [2.24, 2.45) is 0 Å². The van der Waals surface area contributed by atoms with Crippen LogP contribution in [0.1, 0.15) is 36.4 Å². The van der Waals surface area contributed by atoms with Crippen LogP contribution in [-0.2, 0) is 11.3 Å². The molecule has 0 spiro atoms. The molecule has 0 N–H and O–H groups in total. The molecule has 0 saturated carbocycles. The summed E-state index contributed by atoms with van der Waals surface area (Å²) in [5.74, 6) is 2.25. The number of aryl methyl sites for hydroxylation is 1. The summed E-state index contributed by atoms with van der Waals surface area (Å²) in [6, 6.07) is 7.96. The van der Waals surface area contributed by atoms with E-state index in [9.17, 15) is 9.59 Å². The van der Waals surface area contributed by atoms with Gasteiger partial charge in [0, 0.05) is 43.1 Å². The normalized spacial score (nSPS) is 14.4. The molecule has 2 aromatic heterocycles. The number of rotatable bonds is 9. The average molecular weight is 475 g/mol. The number of pyridine rings is 1. The highest BCUT2D eigenvalue weighted by Crippen LogP contribution is 2.40. The van der Waals surface area contributed by atoms with E-state index in [1.54, 1.807) is 0 Å². The number of aromatic nitrogens is 1. The first-order valence-electron chi connectivity index (χ1n) is 11.3. The van der Waals surface area contributed by atoms with E-state index in [-0.39, 0.29) is 11.5 Å². The predicted molar refractivity (Wildman–Crippen MR) is 134 cm³/mol. The number of benzene rings is 1. The summed E-state index contributed by atoms with van der Waals surface area (Å²) < 4.78 is 14.2. The van der Waals surface area contributed by atoms with Gasteiger partial charge in [0.25, 0.3) is 11.5 Å². The van der Waals surface area contributed by atoms with Crippen LogP contribution in [0.2, 0.25) is 0 Å². The Hall–Kier alpha value is -2.03. The summed E-state index contributed by atoms with van der Waals surface area (Å²) >= 11 is 3.25. The molecule has 0 aliphatic carbocycles. The maximum Gasteiger partial charge on any atom is 0.267 e. The molecule has 1 saturated heterocycles. The Labute approximate surface area is 196 Å². The first kappa shape index (κ1) is 23.1. The maximum atomic E-state index is 13.7. The van der Waals surface area contributed by atoms with Crippen molar-refractivity contribution in [2.75, 3.05) is 44.4 Å². The van der Waals surface area contributed by atoms with Gasteiger partial charge in [-0.25, -0.2) is 0 Å². The van der Waals surface area contributed by atoms with Crippen molar-refractivity contribution in [3.8, 4) is 5.75 Å². The molecule has 0 bridgehead atoms. The van der Waals surface area contributed by atoms with Crippen molar-refractivity contribution in [3.05, 3.63) is 39.5 Å². The number of fused-ring (bicyclic) bond motifs is 3. The minimum Gasteiger partial charge on any atom is -0.489 e. The summed E-state index contributed by atoms with van der Waals surface area (Å²) in [6.07, 6.45) is 1.91. The van der Waals surface area contributed by atoms with Crippen molar-refractivity contribution >= 4 is 50.0 Å². The van der Waals surface area contributed by atoms with Crippen LogP contribution in [0.3, 0.4) is 0 Å². The van der Waals surface area contributed by atoms with Crippen LogP contribution in [-0.4, -0.2) is 59.8 Å². The van der Waals surface area contributed by atoms with Gasteiger partial charge >= 0.3 is 0 Å². The second kappa shape index (κ2) is 10.7. The highest BCUT2D eigenvalue weighted by Gasteiger charge is 2.29. The molecule has 1 aliphatic rings. The van der Waals surface area contributed by atoms with Gasteiger partial charge in [-0.05, 0) is 19.4 Å². The van der Waals surface area contributed by atoms with E-state index >= 15 is 0 Å². The molecule has 0 atom stereocenters. The zero-order valence-corrected chi connectivity index (χ0v) is 20.4. The zero-order valence-electron chi connectivity index (χ0n) is 18.7. The number of nitrogens with zero attached hydrogens (tertiary/aromatic N) is 2. The number of thiophene rings is 1. The van der Waals surface area contributed by atoms with Crippen molar-refractivity contribution < 1.29 is 14.3 Å². The lowest BCUT2D eigenvalue weighted by molar-refractivity contribution is 0.0768. The third kappa shape index (κ3) is 4.54. The highest BCUT2D eigenvalue weighted by atomic mass is 32.2. The minimum atomic E-state index is -0.0805. The zero-order chi connectivity index (χ0) is 22.5. The van der Waals surface area contributed by atoms with Crippen LogP contribution in [0, 0.1) is 0 Å². The molecule has 4 rings (SSSR count). The number of para-hydroxylation sites is 1. The van der Waals surface area contributed by atoms with Gasteiger partial charge in [0.05, 0.1) is 16.8 Å². The van der Waals surface area contributed by atoms with Crippen LogP contribution in [0.25, 0.3) is 21.0 Å². The fourth-order valence-corrected chi connectivity index (χ4v) is 6.16. The molecule has 0 unspecified atom stereocenters. The number of hydrogen-bond donors (Lipinski definition) is 0. The van der Waals surface area contributed by atoms with E-state index in [1.807, 2.05) is 52.4 Å². The van der Waals surface area contributed by atoms with Gasteiger partial charge in [-0.15, -0.1) is 11.3 Å². The molecular weight excluding hydrogens is 444 g/mol. The maximum absolute atomic E-state index is 13.7. The molecule has 0 radical (unpaired) electrons. The fourth-order valence-electron chi connectivity index (χ4n) is 4.02. The molecular formula is C24H30N2O4S2. The highest BCUT2D eigenvalue weighted by molar-refractivity contribution is 7.99. The van der Waals surface area contributed by atoms with Crippen molar-refractivity contribution in [1.29, 1.82) is 0 Å². The summed E-state index contributed by atoms with van der Waals surface area (Å²) in [6.45, 7) is 7.45. The van der Waals surface area contributed by atoms with Gasteiger partial charge in [-0.3, -0.25) is 9.59 Å². The number of amides is 1. The lowest BCUT2D eigenvalue weighted by atomic mass is 10.1. The number of unbranched alkanes of at least 4 members (excludes halogenated alkanes) is 1. The molecule has 1 aromatic carbocycles. The van der Waals surface area contributed by atoms with Gasteiger partial charge in [0.15, 0.2) is 5.75 Å². The predicted octanol–water partition coefficient (Wildman–Crippen LogP) is 4.62. The van der Waals surface area contributed by atoms with E-state index < -0.39 is 0 Å². The van der Waals surface area contributed by atoms with Crippen LogP contribution >= 0.6 is 23.1 Å². The number of carbonyl (C=O) groups is 1. The Balaban J connectivity index is 1.90. The molecule has 1 amide bonds. The number of ether oxygens (including phenoxy) is 2. The topological polar surface area (TPSA) is 60.8 Å². The van der Waals surface area contributed by atoms with E-state index in [0.717, 1.165) is 53.0 Å². The first-order valence-corrected chi connectivity index (χ1v) is 13.3. The lowest BCUT2D eigenvalue weighted by Crippen LogP contribution is -2.37. The Bertz CT molecular complexity index is 1150. The number of thioether (sulfide) groups is 1. The molecule has 3 heterocycles. The first-order chi connectivity index (χ1) is 15.7. The molecule has 6 nitrogen and oxygen atoms in total. The van der Waals surface area contributed by atoms with E-state index in [2.05, 4.69) is 6.92 Å². The summed E-state index contributed by atoms with van der Waals surface area (Å²) in [5.41, 5.74) is 0.831. The number of hydrogen-bond acceptors (Lipinski definition) is 6. The average Bonchev–Trinajstić information content (AvgIpc) is 3.22. The Morgan fingerprint density at radius 2 is 1.91 bits per heavy atom. The fraction of sp³-hybridized carbons (Fsp3) is 0.500. The second-order valence-corrected chi connectivity index (χ2v) is 9.99. The van der Waals surface area contributed by atoms with Crippen molar-refractivity contribution in [2.45, 2.75) is 33.2 Å². The van der Waals surface area contributed by atoms with Gasteiger partial charge in [0.2, 0.25) is 0 Å². The van der Waals surface area contributed by atoms with Crippen LogP contribution in [0.5, 0.6) is 5.75 Å². The van der Waals surface area contributed by atoms with Crippen molar-refractivity contribution in [3.63, 3.8) is 0 Å². The lowest BCUT2D eigenvalue weighted by Gasteiger charge is -2.26. The SMILES string of the molecule is CCCCn1c(=O)c2c(OCCOCC)c(C(=O)N3CCSCC3)sc2c2ccccc21.